The van der Waals surface area contributed by atoms with Gasteiger partial charge >= 0.3 is 0 Å². The third kappa shape index (κ3) is 6.26. The summed E-state index contributed by atoms with van der Waals surface area (Å²) < 4.78 is 27.6. The van der Waals surface area contributed by atoms with Crippen molar-refractivity contribution in [3.63, 3.8) is 0 Å². The monoisotopic (exact) mass is 316 g/mol. The molecule has 21 heavy (non-hydrogen) atoms. The van der Waals surface area contributed by atoms with Crippen LogP contribution in [-0.4, -0.2) is 37.2 Å². The van der Waals surface area contributed by atoms with Gasteiger partial charge < -0.3 is 5.32 Å². The first-order chi connectivity index (χ1) is 9.52. The van der Waals surface area contributed by atoms with E-state index < -0.39 is 22.0 Å². The number of amides is 1. The van der Waals surface area contributed by atoms with Crippen molar-refractivity contribution in [2.75, 3.05) is 7.05 Å². The average Bonchev–Trinajstić information content (AvgIpc) is 2.68. The van der Waals surface area contributed by atoms with Crippen molar-refractivity contribution in [2.45, 2.75) is 39.0 Å². The van der Waals surface area contributed by atoms with Crippen molar-refractivity contribution in [3.05, 3.63) is 18.0 Å². The first-order valence-electron chi connectivity index (χ1n) is 6.72. The topological polar surface area (TPSA) is 93.1 Å². The molecule has 0 aromatic carbocycles. The second kappa shape index (κ2) is 6.57. The van der Waals surface area contributed by atoms with Crippen LogP contribution >= 0.6 is 0 Å². The second-order valence-electron chi connectivity index (χ2n) is 6.31. The van der Waals surface area contributed by atoms with Gasteiger partial charge in [0, 0.05) is 13.2 Å². The fourth-order valence-electron chi connectivity index (χ4n) is 1.93. The number of carbonyl (C=O) groups excluding carboxylic acids is 1. The number of sulfonamides is 1. The SMILES string of the molecule is CNC(CC(C)(C)C)C(=O)NS(=O)(=O)Cc1ccn(C)n1. The average molecular weight is 316 g/mol. The van der Waals surface area contributed by atoms with E-state index in [1.54, 1.807) is 26.4 Å². The van der Waals surface area contributed by atoms with Crippen molar-refractivity contribution >= 4 is 15.9 Å². The summed E-state index contributed by atoms with van der Waals surface area (Å²) >= 11 is 0. The Labute approximate surface area is 126 Å². The Balaban J connectivity index is 2.71. The van der Waals surface area contributed by atoms with Crippen LogP contribution in [0, 0.1) is 5.41 Å². The fraction of sp³-hybridized carbons (Fsp3) is 0.692. The van der Waals surface area contributed by atoms with E-state index in [1.165, 1.54) is 4.68 Å². The van der Waals surface area contributed by atoms with E-state index in [-0.39, 0.29) is 11.2 Å². The maximum atomic E-state index is 12.1. The maximum Gasteiger partial charge on any atom is 0.250 e. The molecule has 0 saturated carbocycles. The summed E-state index contributed by atoms with van der Waals surface area (Å²) in [7, 11) is -0.403. The number of rotatable bonds is 6. The van der Waals surface area contributed by atoms with Gasteiger partial charge in [-0.25, -0.2) is 8.42 Å². The van der Waals surface area contributed by atoms with Crippen molar-refractivity contribution < 1.29 is 13.2 Å². The van der Waals surface area contributed by atoms with Crippen LogP contribution in [0.25, 0.3) is 0 Å². The van der Waals surface area contributed by atoms with Crippen molar-refractivity contribution in [1.29, 1.82) is 0 Å². The molecule has 1 aromatic rings. The molecular weight excluding hydrogens is 292 g/mol. The predicted molar refractivity (Wildman–Crippen MR) is 80.9 cm³/mol. The number of nitrogens with zero attached hydrogens (tertiary/aromatic N) is 2. The third-order valence-electron chi connectivity index (χ3n) is 2.84. The van der Waals surface area contributed by atoms with Crippen LogP contribution in [0.1, 0.15) is 32.9 Å². The Morgan fingerprint density at radius 2 is 2.05 bits per heavy atom. The summed E-state index contributed by atoms with van der Waals surface area (Å²) in [5.41, 5.74) is 0.310. The number of aryl methyl sites for hydroxylation is 1. The van der Waals surface area contributed by atoms with Gasteiger partial charge in [-0.15, -0.1) is 0 Å². The Morgan fingerprint density at radius 3 is 2.48 bits per heavy atom. The van der Waals surface area contributed by atoms with Crippen LogP contribution in [-0.2, 0) is 27.6 Å². The second-order valence-corrected chi connectivity index (χ2v) is 8.03. The first kappa shape index (κ1) is 17.6. The Hall–Kier alpha value is -1.41. The van der Waals surface area contributed by atoms with Crippen LogP contribution in [0.3, 0.4) is 0 Å². The Bertz CT molecular complexity index is 587. The smallest absolute Gasteiger partial charge is 0.250 e. The van der Waals surface area contributed by atoms with E-state index >= 15 is 0 Å². The molecule has 1 rings (SSSR count). The number of hydrogen-bond acceptors (Lipinski definition) is 5. The zero-order chi connectivity index (χ0) is 16.3. The lowest BCUT2D eigenvalue weighted by Crippen LogP contribution is -2.46. The highest BCUT2D eigenvalue weighted by Crippen LogP contribution is 2.20. The highest BCUT2D eigenvalue weighted by atomic mass is 32.2. The summed E-state index contributed by atoms with van der Waals surface area (Å²) in [5, 5.41) is 6.85. The van der Waals surface area contributed by atoms with E-state index in [0.29, 0.717) is 12.1 Å². The van der Waals surface area contributed by atoms with Gasteiger partial charge in [0.2, 0.25) is 10.0 Å². The molecule has 1 amide bonds. The van der Waals surface area contributed by atoms with E-state index in [0.717, 1.165) is 0 Å². The van der Waals surface area contributed by atoms with E-state index in [2.05, 4.69) is 15.1 Å². The molecule has 8 heteroatoms. The quantitative estimate of drug-likeness (QED) is 0.792. The normalized spacial score (nSPS) is 14.0. The van der Waals surface area contributed by atoms with Gasteiger partial charge in [-0.3, -0.25) is 14.2 Å². The van der Waals surface area contributed by atoms with E-state index in [4.69, 9.17) is 0 Å². The molecule has 7 nitrogen and oxygen atoms in total. The third-order valence-corrected chi connectivity index (χ3v) is 4.03. The largest absolute Gasteiger partial charge is 0.309 e. The van der Waals surface area contributed by atoms with E-state index in [9.17, 15) is 13.2 Å². The zero-order valence-electron chi connectivity index (χ0n) is 13.2. The van der Waals surface area contributed by atoms with Crippen molar-refractivity contribution in [3.8, 4) is 0 Å². The van der Waals surface area contributed by atoms with Gasteiger partial charge in [0.05, 0.1) is 11.7 Å². The fourth-order valence-corrected chi connectivity index (χ4v) is 3.00. The predicted octanol–water partition coefficient (Wildman–Crippen LogP) is 0.390. The summed E-state index contributed by atoms with van der Waals surface area (Å²) in [4.78, 5) is 12.1. The number of carbonyl (C=O) groups is 1. The lowest BCUT2D eigenvalue weighted by atomic mass is 9.88. The van der Waals surface area contributed by atoms with Gasteiger partial charge in [-0.1, -0.05) is 20.8 Å². The summed E-state index contributed by atoms with van der Waals surface area (Å²) in [6, 6.07) is 1.05. The molecule has 1 heterocycles. The van der Waals surface area contributed by atoms with Crippen LogP contribution in [0.5, 0.6) is 0 Å². The molecule has 0 bridgehead atoms. The molecule has 0 fully saturated rings. The highest BCUT2D eigenvalue weighted by Gasteiger charge is 2.27. The molecule has 2 N–H and O–H groups in total. The summed E-state index contributed by atoms with van der Waals surface area (Å²) in [5.74, 6) is -0.853. The number of likely N-dealkylation sites (N-methyl/N-ethyl adjacent to an activating group) is 1. The molecule has 0 saturated heterocycles. The molecular formula is C13H24N4O3S. The van der Waals surface area contributed by atoms with E-state index in [1.807, 2.05) is 20.8 Å². The number of hydrogen-bond donors (Lipinski definition) is 2. The number of aromatic nitrogens is 2. The lowest BCUT2D eigenvalue weighted by molar-refractivity contribution is -0.121. The molecule has 1 aromatic heterocycles. The molecule has 120 valence electrons. The van der Waals surface area contributed by atoms with Gasteiger partial charge in [-0.05, 0) is 24.9 Å². The van der Waals surface area contributed by atoms with Crippen molar-refractivity contribution in [2.24, 2.45) is 12.5 Å². The van der Waals surface area contributed by atoms with Gasteiger partial charge in [0.1, 0.15) is 5.75 Å². The molecule has 0 aliphatic rings. The molecule has 0 spiro atoms. The minimum Gasteiger partial charge on any atom is -0.309 e. The molecule has 1 unspecified atom stereocenters. The standard InChI is InChI=1S/C13H24N4O3S/c1-13(2,3)8-11(14-4)12(18)16-21(19,20)9-10-6-7-17(5)15-10/h6-7,11,14H,8-9H2,1-5H3,(H,16,18). The van der Waals surface area contributed by atoms with Crippen LogP contribution in [0.4, 0.5) is 0 Å². The minimum atomic E-state index is -3.75. The maximum absolute atomic E-state index is 12.1. The molecule has 1 atom stereocenters. The van der Waals surface area contributed by atoms with Gasteiger partial charge in [0.15, 0.2) is 0 Å². The molecule has 0 radical (unpaired) electrons. The van der Waals surface area contributed by atoms with Crippen LogP contribution in [0.2, 0.25) is 0 Å². The summed E-state index contributed by atoms with van der Waals surface area (Å²) in [6.07, 6.45) is 2.19. The van der Waals surface area contributed by atoms with Crippen molar-refractivity contribution in [1.82, 2.24) is 19.8 Å². The first-order valence-corrected chi connectivity index (χ1v) is 8.38. The van der Waals surface area contributed by atoms with Gasteiger partial charge in [-0.2, -0.15) is 5.10 Å². The molecule has 0 aliphatic heterocycles. The highest BCUT2D eigenvalue weighted by molar-refractivity contribution is 7.89. The Kier molecular flexibility index (Phi) is 5.52. The van der Waals surface area contributed by atoms with Crippen LogP contribution < -0.4 is 10.0 Å². The molecule has 0 aliphatic carbocycles. The van der Waals surface area contributed by atoms with Gasteiger partial charge in [0.25, 0.3) is 5.91 Å². The Morgan fingerprint density at radius 1 is 1.43 bits per heavy atom. The number of nitrogens with one attached hydrogen (secondary N) is 2. The zero-order valence-corrected chi connectivity index (χ0v) is 14.0. The minimum absolute atomic E-state index is 0.0875. The lowest BCUT2D eigenvalue weighted by Gasteiger charge is -2.24. The van der Waals surface area contributed by atoms with Crippen LogP contribution in [0.15, 0.2) is 12.3 Å². The summed E-state index contributed by atoms with van der Waals surface area (Å²) in [6.45, 7) is 5.98.